The molecule has 1 aliphatic carbocycles. The lowest BCUT2D eigenvalue weighted by Crippen LogP contribution is -2.47. The first-order valence-electron chi connectivity index (χ1n) is 9.70. The summed E-state index contributed by atoms with van der Waals surface area (Å²) in [5.74, 6) is 1.14. The smallest absolute Gasteiger partial charge is 0.317 e. The van der Waals surface area contributed by atoms with E-state index in [2.05, 4.69) is 10.3 Å². The number of nitrogens with one attached hydrogen (secondary N) is 1. The van der Waals surface area contributed by atoms with Gasteiger partial charge in [-0.1, -0.05) is 37.8 Å². The van der Waals surface area contributed by atoms with Crippen molar-refractivity contribution in [2.45, 2.75) is 63.3 Å². The molecule has 5 heteroatoms. The second kappa shape index (κ2) is 7.46. The number of para-hydroxylation sites is 2. The first-order valence-corrected chi connectivity index (χ1v) is 9.70. The lowest BCUT2D eigenvalue weighted by Gasteiger charge is -2.32. The Kier molecular flexibility index (Phi) is 4.90. The van der Waals surface area contributed by atoms with Gasteiger partial charge in [-0.2, -0.15) is 0 Å². The van der Waals surface area contributed by atoms with Crippen molar-refractivity contribution in [3.63, 3.8) is 0 Å². The SMILES string of the molecule is O=C(NC1CCCCCC1)N1CCC(c2nc3ccccc3o2)CC1. The summed E-state index contributed by atoms with van der Waals surface area (Å²) in [5.41, 5.74) is 1.78. The van der Waals surface area contributed by atoms with E-state index in [0.717, 1.165) is 55.8 Å². The van der Waals surface area contributed by atoms with Crippen LogP contribution in [0.1, 0.15) is 63.2 Å². The van der Waals surface area contributed by atoms with E-state index in [1.807, 2.05) is 29.2 Å². The van der Waals surface area contributed by atoms with E-state index in [-0.39, 0.29) is 6.03 Å². The zero-order valence-corrected chi connectivity index (χ0v) is 14.7. The zero-order chi connectivity index (χ0) is 17.1. The van der Waals surface area contributed by atoms with Crippen molar-refractivity contribution in [3.8, 4) is 0 Å². The van der Waals surface area contributed by atoms with Crippen molar-refractivity contribution in [2.75, 3.05) is 13.1 Å². The predicted molar refractivity (Wildman–Crippen MR) is 97.6 cm³/mol. The van der Waals surface area contributed by atoms with Crippen molar-refractivity contribution in [3.05, 3.63) is 30.2 Å². The molecule has 1 aromatic heterocycles. The summed E-state index contributed by atoms with van der Waals surface area (Å²) >= 11 is 0. The van der Waals surface area contributed by atoms with Gasteiger partial charge in [-0.05, 0) is 37.8 Å². The molecule has 1 aliphatic heterocycles. The number of hydrogen-bond acceptors (Lipinski definition) is 3. The topological polar surface area (TPSA) is 58.4 Å². The average molecular weight is 341 g/mol. The van der Waals surface area contributed by atoms with Gasteiger partial charge in [0.05, 0.1) is 0 Å². The molecule has 1 aromatic carbocycles. The fourth-order valence-corrected chi connectivity index (χ4v) is 4.08. The number of carbonyl (C=O) groups is 1. The highest BCUT2D eigenvalue weighted by Crippen LogP contribution is 2.30. The Hall–Kier alpha value is -2.04. The third-order valence-corrected chi connectivity index (χ3v) is 5.62. The number of piperidine rings is 1. The standard InChI is InChI=1S/C20H27N3O2/c24-20(21-16-7-3-1-2-4-8-16)23-13-11-15(12-14-23)19-22-17-9-5-6-10-18(17)25-19/h5-6,9-10,15-16H,1-4,7-8,11-14H2,(H,21,24). The Bertz CT molecular complexity index is 678. The summed E-state index contributed by atoms with van der Waals surface area (Å²) in [5, 5.41) is 3.25. The molecule has 0 spiro atoms. The van der Waals surface area contributed by atoms with Crippen molar-refractivity contribution < 1.29 is 9.21 Å². The molecule has 2 fully saturated rings. The summed E-state index contributed by atoms with van der Waals surface area (Å²) in [6.07, 6.45) is 9.20. The number of nitrogens with zero attached hydrogens (tertiary/aromatic N) is 2. The van der Waals surface area contributed by atoms with E-state index < -0.39 is 0 Å². The fraction of sp³-hybridized carbons (Fsp3) is 0.600. The second-order valence-electron chi connectivity index (χ2n) is 7.42. The molecule has 2 heterocycles. The average Bonchev–Trinajstić information content (AvgIpc) is 2.92. The Labute approximate surface area is 148 Å². The molecule has 2 amide bonds. The van der Waals surface area contributed by atoms with Gasteiger partial charge in [0.25, 0.3) is 0 Å². The maximum absolute atomic E-state index is 12.5. The number of hydrogen-bond donors (Lipinski definition) is 1. The molecule has 5 nitrogen and oxygen atoms in total. The highest BCUT2D eigenvalue weighted by molar-refractivity contribution is 5.74. The highest BCUT2D eigenvalue weighted by atomic mass is 16.3. The van der Waals surface area contributed by atoms with Gasteiger partial charge in [-0.3, -0.25) is 0 Å². The number of oxazole rings is 1. The van der Waals surface area contributed by atoms with Crippen LogP contribution in [0.15, 0.2) is 28.7 Å². The molecule has 0 radical (unpaired) electrons. The summed E-state index contributed by atoms with van der Waals surface area (Å²) in [6.45, 7) is 1.56. The van der Waals surface area contributed by atoms with E-state index >= 15 is 0 Å². The fourth-order valence-electron chi connectivity index (χ4n) is 4.08. The zero-order valence-electron chi connectivity index (χ0n) is 14.7. The van der Waals surface area contributed by atoms with E-state index in [4.69, 9.17) is 4.42 Å². The number of carbonyl (C=O) groups excluding carboxylic acids is 1. The van der Waals surface area contributed by atoms with Crippen LogP contribution in [0.3, 0.4) is 0 Å². The number of amides is 2. The van der Waals surface area contributed by atoms with Crippen LogP contribution in [0.4, 0.5) is 4.79 Å². The Morgan fingerprint density at radius 1 is 1.04 bits per heavy atom. The molecule has 2 aliphatic rings. The monoisotopic (exact) mass is 341 g/mol. The van der Waals surface area contributed by atoms with Gasteiger partial charge in [0.1, 0.15) is 5.52 Å². The van der Waals surface area contributed by atoms with Gasteiger partial charge in [0, 0.05) is 25.0 Å². The Balaban J connectivity index is 1.32. The van der Waals surface area contributed by atoms with Gasteiger partial charge in [-0.25, -0.2) is 9.78 Å². The van der Waals surface area contributed by atoms with Gasteiger partial charge in [0.15, 0.2) is 11.5 Å². The largest absolute Gasteiger partial charge is 0.440 e. The molecule has 1 saturated carbocycles. The van der Waals surface area contributed by atoms with Crippen LogP contribution in [-0.2, 0) is 0 Å². The first kappa shape index (κ1) is 16.4. The van der Waals surface area contributed by atoms with Crippen molar-refractivity contribution >= 4 is 17.1 Å². The molecule has 25 heavy (non-hydrogen) atoms. The van der Waals surface area contributed by atoms with Crippen LogP contribution in [0.5, 0.6) is 0 Å². The van der Waals surface area contributed by atoms with Crippen LogP contribution in [0, 0.1) is 0 Å². The Morgan fingerprint density at radius 2 is 1.76 bits per heavy atom. The van der Waals surface area contributed by atoms with Crippen LogP contribution in [0.25, 0.3) is 11.1 Å². The summed E-state index contributed by atoms with van der Waals surface area (Å²) in [6, 6.07) is 8.37. The number of fused-ring (bicyclic) bond motifs is 1. The molecule has 4 rings (SSSR count). The quantitative estimate of drug-likeness (QED) is 0.822. The Morgan fingerprint density at radius 3 is 2.48 bits per heavy atom. The molecule has 1 N–H and O–H groups in total. The molecule has 0 bridgehead atoms. The highest BCUT2D eigenvalue weighted by Gasteiger charge is 2.28. The van der Waals surface area contributed by atoms with Crippen molar-refractivity contribution in [2.24, 2.45) is 0 Å². The molecule has 1 saturated heterocycles. The van der Waals surface area contributed by atoms with Gasteiger partial charge >= 0.3 is 6.03 Å². The van der Waals surface area contributed by atoms with Gasteiger partial charge < -0.3 is 14.6 Å². The van der Waals surface area contributed by atoms with Gasteiger partial charge in [-0.15, -0.1) is 0 Å². The molecular weight excluding hydrogens is 314 g/mol. The third-order valence-electron chi connectivity index (χ3n) is 5.62. The minimum atomic E-state index is 0.114. The van der Waals surface area contributed by atoms with Crippen LogP contribution >= 0.6 is 0 Å². The second-order valence-corrected chi connectivity index (χ2v) is 7.42. The van der Waals surface area contributed by atoms with E-state index in [0.29, 0.717) is 12.0 Å². The molecule has 134 valence electrons. The van der Waals surface area contributed by atoms with E-state index in [1.165, 1.54) is 25.7 Å². The van der Waals surface area contributed by atoms with E-state index in [1.54, 1.807) is 0 Å². The molecule has 0 unspecified atom stereocenters. The van der Waals surface area contributed by atoms with Crippen LogP contribution in [0.2, 0.25) is 0 Å². The number of aromatic nitrogens is 1. The number of urea groups is 1. The van der Waals surface area contributed by atoms with Gasteiger partial charge in [0.2, 0.25) is 0 Å². The normalized spacial score (nSPS) is 20.6. The third kappa shape index (κ3) is 3.80. The maximum Gasteiger partial charge on any atom is 0.317 e. The van der Waals surface area contributed by atoms with E-state index in [9.17, 15) is 4.79 Å². The van der Waals surface area contributed by atoms with Crippen molar-refractivity contribution in [1.82, 2.24) is 15.2 Å². The minimum Gasteiger partial charge on any atom is -0.440 e. The summed E-state index contributed by atoms with van der Waals surface area (Å²) in [7, 11) is 0. The number of rotatable bonds is 2. The minimum absolute atomic E-state index is 0.114. The summed E-state index contributed by atoms with van der Waals surface area (Å²) in [4.78, 5) is 19.1. The molecular formula is C20H27N3O2. The van der Waals surface area contributed by atoms with Crippen molar-refractivity contribution in [1.29, 1.82) is 0 Å². The number of benzene rings is 1. The first-order chi connectivity index (χ1) is 12.3. The lowest BCUT2D eigenvalue weighted by atomic mass is 9.97. The van der Waals surface area contributed by atoms with Crippen LogP contribution in [-0.4, -0.2) is 35.0 Å². The molecule has 2 aromatic rings. The maximum atomic E-state index is 12.5. The summed E-state index contributed by atoms with van der Waals surface area (Å²) < 4.78 is 5.91. The predicted octanol–water partition coefficient (Wildman–Crippen LogP) is 4.44. The number of likely N-dealkylation sites (tertiary alicyclic amines) is 1. The van der Waals surface area contributed by atoms with Crippen LogP contribution < -0.4 is 5.32 Å². The lowest BCUT2D eigenvalue weighted by molar-refractivity contribution is 0.173. The molecule has 0 atom stereocenters.